The number of rotatable bonds is 4. The predicted molar refractivity (Wildman–Crippen MR) is 47.1 cm³/mol. The Hall–Kier alpha value is -0.710. The molecule has 1 fully saturated rings. The summed E-state index contributed by atoms with van der Waals surface area (Å²) < 4.78 is 24.3. The van der Waals surface area contributed by atoms with Crippen LogP contribution >= 0.6 is 0 Å². The molecule has 1 heterocycles. The van der Waals surface area contributed by atoms with Crippen molar-refractivity contribution in [3.8, 4) is 0 Å². The van der Waals surface area contributed by atoms with Crippen LogP contribution in [0.25, 0.3) is 0 Å². The highest BCUT2D eigenvalue weighted by molar-refractivity contribution is 5.79. The lowest BCUT2D eigenvalue weighted by Crippen LogP contribution is -2.39. The fourth-order valence-electron chi connectivity index (χ4n) is 1.88. The molecule has 0 aliphatic carbocycles. The first-order valence-electron chi connectivity index (χ1n) is 4.86. The van der Waals surface area contributed by atoms with E-state index >= 15 is 0 Å². The van der Waals surface area contributed by atoms with Gasteiger partial charge in [0.15, 0.2) is 0 Å². The molecule has 1 saturated heterocycles. The average Bonchev–Trinajstić information content (AvgIpc) is 2.61. The van der Waals surface area contributed by atoms with Gasteiger partial charge in [0.1, 0.15) is 0 Å². The number of carbonyl (C=O) groups is 1. The Kier molecular flexibility index (Phi) is 4.25. The molecule has 0 aromatic carbocycles. The quantitative estimate of drug-likeness (QED) is 0.747. The van der Waals surface area contributed by atoms with Crippen LogP contribution < -0.4 is 0 Å². The summed E-state index contributed by atoms with van der Waals surface area (Å²) in [6.07, 6.45) is -0.149. The van der Waals surface area contributed by atoms with Crippen LogP contribution in [0.4, 0.5) is 8.78 Å². The van der Waals surface area contributed by atoms with E-state index in [-0.39, 0.29) is 12.6 Å². The minimum Gasteiger partial charge on any atom is -0.396 e. The molecule has 5 heteroatoms. The van der Waals surface area contributed by atoms with E-state index < -0.39 is 12.3 Å². The summed E-state index contributed by atoms with van der Waals surface area (Å²) in [7, 11) is 0. The number of hydrogen-bond acceptors (Lipinski definition) is 2. The Morgan fingerprint density at radius 1 is 1.57 bits per heavy atom. The summed E-state index contributed by atoms with van der Waals surface area (Å²) in [5.41, 5.74) is 0. The van der Waals surface area contributed by atoms with Crippen molar-refractivity contribution >= 4 is 5.91 Å². The highest BCUT2D eigenvalue weighted by atomic mass is 19.3. The van der Waals surface area contributed by atoms with Crippen LogP contribution in [0.3, 0.4) is 0 Å². The Labute approximate surface area is 81.7 Å². The maximum atomic E-state index is 12.1. The minimum atomic E-state index is -2.90. The van der Waals surface area contributed by atoms with Crippen molar-refractivity contribution in [2.24, 2.45) is 0 Å². The zero-order valence-corrected chi connectivity index (χ0v) is 7.96. The number of aliphatic hydroxyl groups excluding tert-OH is 1. The number of halogens is 2. The molecular weight excluding hydrogens is 192 g/mol. The van der Waals surface area contributed by atoms with Gasteiger partial charge in [-0.3, -0.25) is 4.79 Å². The molecule has 0 saturated carbocycles. The van der Waals surface area contributed by atoms with Crippen LogP contribution in [-0.4, -0.2) is 41.5 Å². The van der Waals surface area contributed by atoms with E-state index in [2.05, 4.69) is 0 Å². The maximum Gasteiger partial charge on any atom is 0.315 e. The summed E-state index contributed by atoms with van der Waals surface area (Å²) in [6, 6.07) is -0.0938. The molecule has 0 spiro atoms. The number of alkyl halides is 2. The lowest BCUT2D eigenvalue weighted by Gasteiger charge is -2.23. The van der Waals surface area contributed by atoms with Gasteiger partial charge in [-0.15, -0.1) is 0 Å². The van der Waals surface area contributed by atoms with Gasteiger partial charge in [-0.25, -0.2) is 0 Å². The van der Waals surface area contributed by atoms with Crippen molar-refractivity contribution in [3.05, 3.63) is 0 Å². The zero-order chi connectivity index (χ0) is 10.6. The summed E-state index contributed by atoms with van der Waals surface area (Å²) in [5, 5.41) is 8.61. The molecule has 14 heavy (non-hydrogen) atoms. The molecule has 3 nitrogen and oxygen atoms in total. The Balaban J connectivity index is 2.46. The molecule has 1 amide bonds. The van der Waals surface area contributed by atoms with Crippen molar-refractivity contribution in [1.82, 2.24) is 4.90 Å². The second-order valence-corrected chi connectivity index (χ2v) is 3.49. The third kappa shape index (κ3) is 2.64. The van der Waals surface area contributed by atoms with Gasteiger partial charge in [0, 0.05) is 19.2 Å². The van der Waals surface area contributed by atoms with E-state index in [1.165, 1.54) is 4.90 Å². The number of hydrogen-bond donors (Lipinski definition) is 1. The SMILES string of the molecule is O=C(C(F)F)N1CCCC1CCCO. The van der Waals surface area contributed by atoms with Gasteiger partial charge in [0.2, 0.25) is 0 Å². The van der Waals surface area contributed by atoms with Gasteiger partial charge >= 0.3 is 6.43 Å². The number of likely N-dealkylation sites (tertiary alicyclic amines) is 1. The molecule has 82 valence electrons. The third-order valence-corrected chi connectivity index (χ3v) is 2.54. The number of nitrogens with zero attached hydrogens (tertiary/aromatic N) is 1. The molecule has 0 aromatic rings. The van der Waals surface area contributed by atoms with E-state index in [0.717, 1.165) is 12.8 Å². The molecule has 1 rings (SSSR count). The molecular formula is C9H15F2NO2. The third-order valence-electron chi connectivity index (χ3n) is 2.54. The molecule has 1 atom stereocenters. The molecule has 1 N–H and O–H groups in total. The first-order valence-corrected chi connectivity index (χ1v) is 4.86. The van der Waals surface area contributed by atoms with Gasteiger partial charge in [-0.05, 0) is 25.7 Å². The van der Waals surface area contributed by atoms with Gasteiger partial charge in [-0.1, -0.05) is 0 Å². The average molecular weight is 207 g/mol. The first kappa shape index (κ1) is 11.4. The maximum absolute atomic E-state index is 12.1. The van der Waals surface area contributed by atoms with E-state index in [9.17, 15) is 13.6 Å². The van der Waals surface area contributed by atoms with Crippen molar-refractivity contribution in [1.29, 1.82) is 0 Å². The normalized spacial score (nSPS) is 22.0. The number of amides is 1. The van der Waals surface area contributed by atoms with Crippen LogP contribution in [0.5, 0.6) is 0 Å². The standard InChI is InChI=1S/C9H15F2NO2/c10-8(11)9(14)12-5-1-3-7(12)4-2-6-13/h7-8,13H,1-6H2. The lowest BCUT2D eigenvalue weighted by molar-refractivity contribution is -0.143. The van der Waals surface area contributed by atoms with Crippen molar-refractivity contribution in [2.45, 2.75) is 38.2 Å². The predicted octanol–water partition coefficient (Wildman–Crippen LogP) is 1.02. The van der Waals surface area contributed by atoms with Crippen LogP contribution in [0.2, 0.25) is 0 Å². The molecule has 1 unspecified atom stereocenters. The van der Waals surface area contributed by atoms with Crippen molar-refractivity contribution < 1.29 is 18.7 Å². The Morgan fingerprint density at radius 2 is 2.29 bits per heavy atom. The molecule has 0 bridgehead atoms. The number of aliphatic hydroxyl groups is 1. The summed E-state index contributed by atoms with van der Waals surface area (Å²) >= 11 is 0. The highest BCUT2D eigenvalue weighted by Crippen LogP contribution is 2.22. The molecule has 1 aliphatic heterocycles. The number of carbonyl (C=O) groups excluding carboxylic acids is 1. The largest absolute Gasteiger partial charge is 0.396 e. The minimum absolute atomic E-state index is 0.0488. The smallest absolute Gasteiger partial charge is 0.315 e. The second-order valence-electron chi connectivity index (χ2n) is 3.49. The Morgan fingerprint density at radius 3 is 2.86 bits per heavy atom. The zero-order valence-electron chi connectivity index (χ0n) is 7.96. The Bertz CT molecular complexity index is 199. The first-order chi connectivity index (χ1) is 6.66. The fraction of sp³-hybridized carbons (Fsp3) is 0.889. The molecule has 1 aliphatic rings. The van der Waals surface area contributed by atoms with E-state index in [1.807, 2.05) is 0 Å². The van der Waals surface area contributed by atoms with E-state index in [4.69, 9.17) is 5.11 Å². The van der Waals surface area contributed by atoms with Gasteiger partial charge in [0.25, 0.3) is 5.91 Å². The van der Waals surface area contributed by atoms with Crippen LogP contribution in [-0.2, 0) is 4.79 Å². The van der Waals surface area contributed by atoms with E-state index in [0.29, 0.717) is 19.4 Å². The van der Waals surface area contributed by atoms with Crippen molar-refractivity contribution in [2.75, 3.05) is 13.2 Å². The summed E-state index contributed by atoms with van der Waals surface area (Å²) in [6.45, 7) is 0.479. The highest BCUT2D eigenvalue weighted by Gasteiger charge is 2.32. The topological polar surface area (TPSA) is 40.5 Å². The van der Waals surface area contributed by atoms with Crippen molar-refractivity contribution in [3.63, 3.8) is 0 Å². The van der Waals surface area contributed by atoms with E-state index in [1.54, 1.807) is 0 Å². The van der Waals surface area contributed by atoms with Gasteiger partial charge in [-0.2, -0.15) is 8.78 Å². The molecule has 0 radical (unpaired) electrons. The van der Waals surface area contributed by atoms with Crippen LogP contribution in [0, 0.1) is 0 Å². The fourth-order valence-corrected chi connectivity index (χ4v) is 1.88. The second kappa shape index (κ2) is 5.24. The van der Waals surface area contributed by atoms with Gasteiger partial charge < -0.3 is 10.0 Å². The van der Waals surface area contributed by atoms with Gasteiger partial charge in [0.05, 0.1) is 0 Å². The summed E-state index contributed by atoms with van der Waals surface area (Å²) in [5.74, 6) is -1.06. The summed E-state index contributed by atoms with van der Waals surface area (Å²) in [4.78, 5) is 12.3. The van der Waals surface area contributed by atoms with Crippen LogP contribution in [0.1, 0.15) is 25.7 Å². The monoisotopic (exact) mass is 207 g/mol. The lowest BCUT2D eigenvalue weighted by atomic mass is 10.1. The van der Waals surface area contributed by atoms with Crippen LogP contribution in [0.15, 0.2) is 0 Å². The molecule has 0 aromatic heterocycles.